The van der Waals surface area contributed by atoms with Crippen molar-refractivity contribution in [3.63, 3.8) is 0 Å². The van der Waals surface area contributed by atoms with Crippen molar-refractivity contribution in [2.75, 3.05) is 0 Å². The van der Waals surface area contributed by atoms with E-state index in [2.05, 4.69) is 15.0 Å². The minimum Gasteiger partial charge on any atom is -0.330 e. The van der Waals surface area contributed by atoms with Gasteiger partial charge in [-0.05, 0) is 18.0 Å². The number of imidazole rings is 1. The molecule has 0 saturated heterocycles. The topological polar surface area (TPSA) is 43.6 Å². The smallest absolute Gasteiger partial charge is 0.223 e. The fourth-order valence-electron chi connectivity index (χ4n) is 1.45. The standard InChI is InChI=1S/C10H10ClFN4/c1-2-4-16-5-3-13-9(16)8-7(12)6-14-10(11)15-8/h3,5-6H,2,4H2,1H3. The minimum absolute atomic E-state index is 0.0162. The van der Waals surface area contributed by atoms with Gasteiger partial charge in [0.1, 0.15) is 5.69 Å². The van der Waals surface area contributed by atoms with Gasteiger partial charge < -0.3 is 4.57 Å². The van der Waals surface area contributed by atoms with Gasteiger partial charge in [-0.25, -0.2) is 19.3 Å². The first kappa shape index (κ1) is 11.0. The van der Waals surface area contributed by atoms with Crippen LogP contribution in [0.5, 0.6) is 0 Å². The Morgan fingerprint density at radius 1 is 1.44 bits per heavy atom. The molecule has 0 N–H and O–H groups in total. The van der Waals surface area contributed by atoms with Crippen molar-refractivity contribution in [1.29, 1.82) is 0 Å². The predicted octanol–water partition coefficient (Wildman–Crippen LogP) is 2.54. The van der Waals surface area contributed by atoms with Crippen molar-refractivity contribution in [2.45, 2.75) is 19.9 Å². The Balaban J connectivity index is 2.49. The Labute approximate surface area is 97.1 Å². The number of hydrogen-bond acceptors (Lipinski definition) is 3. The molecule has 84 valence electrons. The van der Waals surface area contributed by atoms with Crippen molar-refractivity contribution in [2.24, 2.45) is 0 Å². The summed E-state index contributed by atoms with van der Waals surface area (Å²) in [5.41, 5.74) is 0.137. The van der Waals surface area contributed by atoms with Crippen LogP contribution in [0.1, 0.15) is 13.3 Å². The molecular formula is C10H10ClFN4. The van der Waals surface area contributed by atoms with E-state index in [0.29, 0.717) is 5.82 Å². The van der Waals surface area contributed by atoms with E-state index in [1.165, 1.54) is 0 Å². The molecule has 6 heteroatoms. The van der Waals surface area contributed by atoms with Crippen molar-refractivity contribution in [3.05, 3.63) is 29.7 Å². The van der Waals surface area contributed by atoms with Crippen LogP contribution in [0.3, 0.4) is 0 Å². The number of hydrogen-bond donors (Lipinski definition) is 0. The lowest BCUT2D eigenvalue weighted by atomic mass is 10.3. The monoisotopic (exact) mass is 240 g/mol. The summed E-state index contributed by atoms with van der Waals surface area (Å²) in [5, 5.41) is 0.0162. The first-order valence-corrected chi connectivity index (χ1v) is 5.29. The van der Waals surface area contributed by atoms with E-state index in [4.69, 9.17) is 11.6 Å². The fraction of sp³-hybridized carbons (Fsp3) is 0.300. The number of aromatic nitrogens is 4. The molecule has 0 aliphatic carbocycles. The number of rotatable bonds is 3. The Morgan fingerprint density at radius 3 is 3.00 bits per heavy atom. The first-order valence-electron chi connectivity index (χ1n) is 4.92. The lowest BCUT2D eigenvalue weighted by Crippen LogP contribution is -2.02. The predicted molar refractivity (Wildman–Crippen MR) is 58.5 cm³/mol. The summed E-state index contributed by atoms with van der Waals surface area (Å²) in [6, 6.07) is 0. The molecule has 0 saturated carbocycles. The van der Waals surface area contributed by atoms with Crippen LogP contribution in [0.2, 0.25) is 5.28 Å². The molecule has 0 aromatic carbocycles. The maximum absolute atomic E-state index is 13.5. The van der Waals surface area contributed by atoms with Gasteiger partial charge in [-0.15, -0.1) is 0 Å². The van der Waals surface area contributed by atoms with Crippen molar-refractivity contribution < 1.29 is 4.39 Å². The Morgan fingerprint density at radius 2 is 2.25 bits per heavy atom. The van der Waals surface area contributed by atoms with Crippen LogP contribution in [0.15, 0.2) is 18.6 Å². The molecule has 2 rings (SSSR count). The number of aryl methyl sites for hydroxylation is 1. The van der Waals surface area contributed by atoms with E-state index >= 15 is 0 Å². The van der Waals surface area contributed by atoms with Crippen molar-refractivity contribution >= 4 is 11.6 Å². The molecule has 0 unspecified atom stereocenters. The molecule has 0 spiro atoms. The van der Waals surface area contributed by atoms with Crippen LogP contribution >= 0.6 is 11.6 Å². The number of halogens is 2. The lowest BCUT2D eigenvalue weighted by molar-refractivity contribution is 0.610. The summed E-state index contributed by atoms with van der Waals surface area (Å²) in [6.07, 6.45) is 5.38. The van der Waals surface area contributed by atoms with E-state index < -0.39 is 5.82 Å². The fourth-order valence-corrected chi connectivity index (χ4v) is 1.58. The lowest BCUT2D eigenvalue weighted by Gasteiger charge is -2.06. The summed E-state index contributed by atoms with van der Waals surface area (Å²) in [4.78, 5) is 11.5. The molecule has 16 heavy (non-hydrogen) atoms. The van der Waals surface area contributed by atoms with E-state index in [1.54, 1.807) is 12.4 Å². The third-order valence-electron chi connectivity index (χ3n) is 2.11. The molecule has 0 radical (unpaired) electrons. The molecular weight excluding hydrogens is 231 g/mol. The zero-order chi connectivity index (χ0) is 11.5. The van der Waals surface area contributed by atoms with Gasteiger partial charge in [-0.2, -0.15) is 0 Å². The van der Waals surface area contributed by atoms with Gasteiger partial charge in [0.2, 0.25) is 5.28 Å². The van der Waals surface area contributed by atoms with E-state index in [0.717, 1.165) is 19.2 Å². The highest BCUT2D eigenvalue weighted by molar-refractivity contribution is 6.28. The molecule has 2 heterocycles. The van der Waals surface area contributed by atoms with Crippen LogP contribution in [0, 0.1) is 5.82 Å². The maximum atomic E-state index is 13.5. The van der Waals surface area contributed by atoms with Gasteiger partial charge >= 0.3 is 0 Å². The molecule has 0 bridgehead atoms. The van der Waals surface area contributed by atoms with Crippen molar-refractivity contribution in [1.82, 2.24) is 19.5 Å². The average molecular weight is 241 g/mol. The second kappa shape index (κ2) is 4.57. The van der Waals surface area contributed by atoms with Gasteiger partial charge in [-0.3, -0.25) is 0 Å². The van der Waals surface area contributed by atoms with Gasteiger partial charge in [-0.1, -0.05) is 6.92 Å². The summed E-state index contributed by atoms with van der Waals surface area (Å²) in [7, 11) is 0. The molecule has 0 atom stereocenters. The molecule has 2 aromatic heterocycles. The molecule has 0 aliphatic rings. The molecule has 2 aromatic rings. The second-order valence-electron chi connectivity index (χ2n) is 3.28. The van der Waals surface area contributed by atoms with Crippen LogP contribution in [0.4, 0.5) is 4.39 Å². The van der Waals surface area contributed by atoms with Crippen LogP contribution in [-0.2, 0) is 6.54 Å². The summed E-state index contributed by atoms with van der Waals surface area (Å²) < 4.78 is 15.4. The van der Waals surface area contributed by atoms with Gasteiger partial charge in [0.15, 0.2) is 11.6 Å². The Hall–Kier alpha value is -1.49. The zero-order valence-electron chi connectivity index (χ0n) is 8.69. The highest BCUT2D eigenvalue weighted by Crippen LogP contribution is 2.19. The highest BCUT2D eigenvalue weighted by Gasteiger charge is 2.13. The number of nitrogens with zero attached hydrogens (tertiary/aromatic N) is 4. The van der Waals surface area contributed by atoms with Gasteiger partial charge in [0, 0.05) is 18.9 Å². The van der Waals surface area contributed by atoms with Crippen LogP contribution < -0.4 is 0 Å². The van der Waals surface area contributed by atoms with Crippen molar-refractivity contribution in [3.8, 4) is 11.5 Å². The average Bonchev–Trinajstić information content (AvgIpc) is 2.70. The molecule has 0 aliphatic heterocycles. The Kier molecular flexibility index (Phi) is 3.14. The van der Waals surface area contributed by atoms with Crippen LogP contribution in [0.25, 0.3) is 11.5 Å². The summed E-state index contributed by atoms with van der Waals surface area (Å²) in [6.45, 7) is 2.80. The quantitative estimate of drug-likeness (QED) is 0.775. The van der Waals surface area contributed by atoms with Crippen LogP contribution in [-0.4, -0.2) is 19.5 Å². The molecule has 0 fully saturated rings. The normalized spacial score (nSPS) is 10.7. The largest absolute Gasteiger partial charge is 0.330 e. The molecule has 4 nitrogen and oxygen atoms in total. The van der Waals surface area contributed by atoms with Gasteiger partial charge in [0.05, 0.1) is 6.20 Å². The SMILES string of the molecule is CCCn1ccnc1-c1nc(Cl)ncc1F. The highest BCUT2D eigenvalue weighted by atomic mass is 35.5. The summed E-state index contributed by atoms with van der Waals surface area (Å²) in [5.74, 6) is -0.0448. The summed E-state index contributed by atoms with van der Waals surface area (Å²) >= 11 is 5.64. The van der Waals surface area contributed by atoms with Gasteiger partial charge in [0.25, 0.3) is 0 Å². The Bertz CT molecular complexity index is 497. The second-order valence-corrected chi connectivity index (χ2v) is 3.62. The maximum Gasteiger partial charge on any atom is 0.223 e. The van der Waals surface area contributed by atoms with E-state index in [9.17, 15) is 4.39 Å². The third kappa shape index (κ3) is 2.04. The zero-order valence-corrected chi connectivity index (χ0v) is 9.45. The minimum atomic E-state index is -0.520. The van der Waals surface area contributed by atoms with E-state index in [-0.39, 0.29) is 11.0 Å². The molecule has 0 amide bonds. The van der Waals surface area contributed by atoms with E-state index in [1.807, 2.05) is 11.5 Å². The third-order valence-corrected chi connectivity index (χ3v) is 2.29. The first-order chi connectivity index (χ1) is 7.72.